The van der Waals surface area contributed by atoms with Crippen molar-refractivity contribution < 1.29 is 9.53 Å². The van der Waals surface area contributed by atoms with Crippen molar-refractivity contribution in [3.8, 4) is 11.1 Å². The number of benzene rings is 2. The van der Waals surface area contributed by atoms with Crippen LogP contribution in [0.3, 0.4) is 0 Å². The Balaban J connectivity index is 1.76. The molecule has 164 valence electrons. The summed E-state index contributed by atoms with van der Waals surface area (Å²) in [5.74, 6) is 0.277. The molecule has 0 radical (unpaired) electrons. The fraction of sp³-hybridized carbons (Fsp3) is 0.462. The Bertz CT molecular complexity index is 976. The largest absolute Gasteiger partial charge is 0.381 e. The Hall–Kier alpha value is -2.66. The van der Waals surface area contributed by atoms with Gasteiger partial charge in [-0.3, -0.25) is 9.69 Å². The summed E-state index contributed by atoms with van der Waals surface area (Å²) in [7, 11) is 3.46. The Morgan fingerprint density at radius 1 is 1.23 bits per heavy atom. The molecule has 2 aliphatic rings. The Labute approximate surface area is 185 Å². The molecule has 31 heavy (non-hydrogen) atoms. The lowest BCUT2D eigenvalue weighted by atomic mass is 9.68. The number of guanidine groups is 1. The van der Waals surface area contributed by atoms with Gasteiger partial charge in [0.25, 0.3) is 0 Å². The van der Waals surface area contributed by atoms with Crippen LogP contribution in [0.4, 0.5) is 0 Å². The third-order valence-corrected chi connectivity index (χ3v) is 7.27. The number of nitrogens with two attached hydrogens (primary N) is 1. The number of methoxy groups -OCH3 is 1. The standard InChI is InChI=1S/C26H33N3O2/c1-4-18-6-5-7-19(14-18)20-8-9-21-16-26(12-10-22(31-3)11-13-26)24(23(21)15-20)28-25(27)29(2)17-30/h5-9,14-15,17,22,24H,4,10-13,16H2,1-3H3,(H2,27,28). The van der Waals surface area contributed by atoms with Gasteiger partial charge in [-0.25, -0.2) is 4.99 Å². The van der Waals surface area contributed by atoms with Crippen LogP contribution in [0.2, 0.25) is 0 Å². The number of amides is 1. The maximum Gasteiger partial charge on any atom is 0.216 e. The van der Waals surface area contributed by atoms with Gasteiger partial charge in [0.05, 0.1) is 12.1 Å². The van der Waals surface area contributed by atoms with Gasteiger partial charge in [-0.2, -0.15) is 0 Å². The van der Waals surface area contributed by atoms with E-state index in [0.29, 0.717) is 6.10 Å². The van der Waals surface area contributed by atoms with Gasteiger partial charge in [-0.15, -0.1) is 0 Å². The van der Waals surface area contributed by atoms with E-state index >= 15 is 0 Å². The number of carbonyl (C=O) groups is 1. The number of nitrogens with zero attached hydrogens (tertiary/aromatic N) is 2. The van der Waals surface area contributed by atoms with Crippen LogP contribution < -0.4 is 5.73 Å². The molecule has 2 aromatic carbocycles. The fourth-order valence-electron chi connectivity index (χ4n) is 5.30. The molecular formula is C26H33N3O2. The van der Waals surface area contributed by atoms with Crippen LogP contribution >= 0.6 is 0 Å². The van der Waals surface area contributed by atoms with Crippen molar-refractivity contribution in [3.63, 3.8) is 0 Å². The number of hydrogen-bond acceptors (Lipinski definition) is 3. The summed E-state index contributed by atoms with van der Waals surface area (Å²) in [4.78, 5) is 17.6. The smallest absolute Gasteiger partial charge is 0.216 e. The number of ether oxygens (including phenoxy) is 1. The number of fused-ring (bicyclic) bond motifs is 1. The Morgan fingerprint density at radius 3 is 2.65 bits per heavy atom. The molecule has 2 aromatic rings. The predicted molar refractivity (Wildman–Crippen MR) is 125 cm³/mol. The third kappa shape index (κ3) is 4.11. The van der Waals surface area contributed by atoms with Crippen molar-refractivity contribution in [1.82, 2.24) is 4.90 Å². The number of carbonyl (C=O) groups excluding carboxylic acids is 1. The van der Waals surface area contributed by atoms with Crippen LogP contribution in [0.25, 0.3) is 11.1 Å². The average Bonchev–Trinajstić information content (AvgIpc) is 3.10. The molecule has 1 spiro atoms. The second-order valence-corrected chi connectivity index (χ2v) is 9.05. The third-order valence-electron chi connectivity index (χ3n) is 7.27. The lowest BCUT2D eigenvalue weighted by Crippen LogP contribution is -2.37. The zero-order valence-electron chi connectivity index (χ0n) is 18.8. The van der Waals surface area contributed by atoms with Crippen LogP contribution in [0.5, 0.6) is 0 Å². The molecule has 0 saturated heterocycles. The van der Waals surface area contributed by atoms with Gasteiger partial charge in [-0.05, 0) is 72.4 Å². The monoisotopic (exact) mass is 419 g/mol. The summed E-state index contributed by atoms with van der Waals surface area (Å²) in [6, 6.07) is 15.5. The normalized spacial score (nSPS) is 25.5. The second kappa shape index (κ2) is 8.83. The van der Waals surface area contributed by atoms with Crippen molar-refractivity contribution in [1.29, 1.82) is 0 Å². The highest BCUT2D eigenvalue weighted by molar-refractivity contribution is 5.87. The van der Waals surface area contributed by atoms with Crippen LogP contribution in [0.15, 0.2) is 47.5 Å². The highest BCUT2D eigenvalue weighted by Crippen LogP contribution is 2.56. The van der Waals surface area contributed by atoms with E-state index in [1.54, 1.807) is 14.2 Å². The minimum Gasteiger partial charge on any atom is -0.381 e. The molecule has 0 aromatic heterocycles. The van der Waals surface area contributed by atoms with Gasteiger partial charge in [0.1, 0.15) is 0 Å². The van der Waals surface area contributed by atoms with Crippen molar-refractivity contribution >= 4 is 12.4 Å². The minimum atomic E-state index is -0.0444. The predicted octanol–water partition coefficient (Wildman–Crippen LogP) is 4.49. The first-order chi connectivity index (χ1) is 15.0. The van der Waals surface area contributed by atoms with Crippen LogP contribution in [-0.2, 0) is 22.4 Å². The lowest BCUT2D eigenvalue weighted by molar-refractivity contribution is -0.114. The van der Waals surface area contributed by atoms with Crippen molar-refractivity contribution in [2.75, 3.05) is 14.2 Å². The Kier molecular flexibility index (Phi) is 6.15. The molecule has 2 N–H and O–H groups in total. The van der Waals surface area contributed by atoms with Crippen LogP contribution in [0.1, 0.15) is 55.3 Å². The molecule has 1 amide bonds. The molecule has 0 heterocycles. The minimum absolute atomic E-state index is 0.0373. The molecule has 0 aliphatic heterocycles. The molecule has 5 nitrogen and oxygen atoms in total. The van der Waals surface area contributed by atoms with Gasteiger partial charge in [0.2, 0.25) is 6.41 Å². The summed E-state index contributed by atoms with van der Waals surface area (Å²) in [5.41, 5.74) is 12.6. The first kappa shape index (κ1) is 21.6. The van der Waals surface area contributed by atoms with Crippen LogP contribution in [0, 0.1) is 5.41 Å². The van der Waals surface area contributed by atoms with E-state index in [2.05, 4.69) is 49.4 Å². The van der Waals surface area contributed by atoms with Gasteiger partial charge < -0.3 is 10.5 Å². The van der Waals surface area contributed by atoms with E-state index in [0.717, 1.165) is 44.9 Å². The summed E-state index contributed by atoms with van der Waals surface area (Å²) in [6.45, 7) is 2.18. The van der Waals surface area contributed by atoms with E-state index in [-0.39, 0.29) is 17.4 Å². The van der Waals surface area contributed by atoms with Gasteiger partial charge >= 0.3 is 0 Å². The Morgan fingerprint density at radius 2 is 1.97 bits per heavy atom. The topological polar surface area (TPSA) is 67.9 Å². The molecule has 1 fully saturated rings. The zero-order valence-corrected chi connectivity index (χ0v) is 18.8. The highest BCUT2D eigenvalue weighted by Gasteiger charge is 2.48. The van der Waals surface area contributed by atoms with E-state index in [4.69, 9.17) is 15.5 Å². The quantitative estimate of drug-likeness (QED) is 0.441. The molecular weight excluding hydrogens is 386 g/mol. The summed E-state index contributed by atoms with van der Waals surface area (Å²) in [6.07, 6.45) is 7.22. The maximum atomic E-state index is 11.3. The van der Waals surface area contributed by atoms with Crippen LogP contribution in [-0.4, -0.2) is 37.5 Å². The van der Waals surface area contributed by atoms with E-state index in [1.165, 1.54) is 32.7 Å². The first-order valence-corrected chi connectivity index (χ1v) is 11.3. The molecule has 5 heteroatoms. The number of rotatable bonds is 5. The van der Waals surface area contributed by atoms with E-state index in [1.807, 2.05) is 0 Å². The maximum absolute atomic E-state index is 11.3. The second-order valence-electron chi connectivity index (χ2n) is 9.05. The number of aryl methyl sites for hydroxylation is 1. The lowest BCUT2D eigenvalue weighted by Gasteiger charge is -2.40. The fourth-order valence-corrected chi connectivity index (χ4v) is 5.30. The molecule has 0 bridgehead atoms. The molecule has 1 atom stereocenters. The molecule has 2 aliphatic carbocycles. The van der Waals surface area contributed by atoms with Crippen molar-refractivity contribution in [3.05, 3.63) is 59.2 Å². The zero-order chi connectivity index (χ0) is 22.0. The van der Waals surface area contributed by atoms with Gasteiger partial charge in [0, 0.05) is 19.6 Å². The molecule has 4 rings (SSSR count). The van der Waals surface area contributed by atoms with Gasteiger partial charge in [0.15, 0.2) is 5.96 Å². The molecule has 1 saturated carbocycles. The van der Waals surface area contributed by atoms with Gasteiger partial charge in [-0.1, -0.05) is 43.3 Å². The van der Waals surface area contributed by atoms with Crippen molar-refractivity contribution in [2.24, 2.45) is 16.1 Å². The first-order valence-electron chi connectivity index (χ1n) is 11.3. The van der Waals surface area contributed by atoms with E-state index in [9.17, 15) is 4.79 Å². The summed E-state index contributed by atoms with van der Waals surface area (Å²) >= 11 is 0. The average molecular weight is 420 g/mol. The summed E-state index contributed by atoms with van der Waals surface area (Å²) < 4.78 is 5.63. The number of hydrogen-bond donors (Lipinski definition) is 1. The summed E-state index contributed by atoms with van der Waals surface area (Å²) in [5, 5.41) is 0. The molecule has 1 unspecified atom stereocenters. The van der Waals surface area contributed by atoms with Crippen molar-refractivity contribution in [2.45, 2.75) is 57.6 Å². The SMILES string of the molecule is CCc1cccc(-c2ccc3c(c2)C(/N=C(/N)N(C)C=O)C2(CCC(OC)CC2)C3)c1. The number of aliphatic imine (C=N–C) groups is 1. The highest BCUT2D eigenvalue weighted by atomic mass is 16.5. The van der Waals surface area contributed by atoms with E-state index < -0.39 is 0 Å².